The van der Waals surface area contributed by atoms with Crippen LogP contribution in [0.5, 0.6) is 5.75 Å². The molecule has 4 heteroatoms. The summed E-state index contributed by atoms with van der Waals surface area (Å²) < 4.78 is 5.04. The van der Waals surface area contributed by atoms with Crippen molar-refractivity contribution in [3.05, 3.63) is 40.9 Å². The van der Waals surface area contributed by atoms with Gasteiger partial charge in [0, 0.05) is 12.0 Å². The Hall–Kier alpha value is -1.42. The van der Waals surface area contributed by atoms with Gasteiger partial charge in [-0.2, -0.15) is 0 Å². The predicted octanol–water partition coefficient (Wildman–Crippen LogP) is 1.93. The Labute approximate surface area is 93.3 Å². The molecule has 80 valence electrons. The van der Waals surface area contributed by atoms with Crippen LogP contribution in [0.25, 0.3) is 0 Å². The minimum Gasteiger partial charge on any atom is -0.497 e. The van der Waals surface area contributed by atoms with Crippen LogP contribution >= 0.6 is 11.8 Å². The molecule has 0 unspecified atom stereocenters. The molecule has 0 spiro atoms. The van der Waals surface area contributed by atoms with E-state index in [1.165, 1.54) is 18.0 Å². The van der Waals surface area contributed by atoms with Crippen molar-refractivity contribution in [3.63, 3.8) is 0 Å². The van der Waals surface area contributed by atoms with Gasteiger partial charge in [-0.1, -0.05) is 12.1 Å². The molecule has 0 amide bonds. The van der Waals surface area contributed by atoms with Crippen LogP contribution in [0.2, 0.25) is 0 Å². The largest absolute Gasteiger partial charge is 0.497 e. The van der Waals surface area contributed by atoms with Crippen LogP contribution < -0.4 is 10.5 Å². The minimum atomic E-state index is 0.547. The predicted molar refractivity (Wildman–Crippen MR) is 62.6 cm³/mol. The lowest BCUT2D eigenvalue weighted by Gasteiger charge is -2.02. The maximum atomic E-state index is 10.5. The summed E-state index contributed by atoms with van der Waals surface area (Å²) in [6.07, 6.45) is 2.08. The molecule has 15 heavy (non-hydrogen) atoms. The average molecular weight is 223 g/mol. The molecule has 0 saturated carbocycles. The highest BCUT2D eigenvalue weighted by Gasteiger charge is 1.98. The van der Waals surface area contributed by atoms with Crippen molar-refractivity contribution >= 4 is 18.0 Å². The lowest BCUT2D eigenvalue weighted by molar-refractivity contribution is -0.104. The zero-order valence-electron chi connectivity index (χ0n) is 8.47. The maximum absolute atomic E-state index is 10.5. The summed E-state index contributed by atoms with van der Waals surface area (Å²) in [4.78, 5) is 11.0. The average Bonchev–Trinajstić information content (AvgIpc) is 2.31. The second-order valence-electron chi connectivity index (χ2n) is 2.82. The Morgan fingerprint density at radius 2 is 2.13 bits per heavy atom. The van der Waals surface area contributed by atoms with Gasteiger partial charge < -0.3 is 10.5 Å². The first-order valence-corrected chi connectivity index (χ1v) is 5.41. The zero-order chi connectivity index (χ0) is 11.1. The summed E-state index contributed by atoms with van der Waals surface area (Å²) in [6, 6.07) is 7.71. The monoisotopic (exact) mass is 223 g/mol. The van der Waals surface area contributed by atoms with Crippen molar-refractivity contribution in [3.8, 4) is 5.75 Å². The second-order valence-corrected chi connectivity index (χ2v) is 3.87. The van der Waals surface area contributed by atoms with Crippen molar-refractivity contribution in [1.82, 2.24) is 0 Å². The Bertz CT molecular complexity index is 346. The van der Waals surface area contributed by atoms with E-state index in [-0.39, 0.29) is 0 Å². The van der Waals surface area contributed by atoms with Gasteiger partial charge in [0.25, 0.3) is 0 Å². The molecule has 1 aromatic rings. The Morgan fingerprint density at radius 1 is 1.47 bits per heavy atom. The van der Waals surface area contributed by atoms with E-state index in [1.807, 2.05) is 24.3 Å². The number of carbonyl (C=O) groups excluding carboxylic acids is 1. The van der Waals surface area contributed by atoms with Gasteiger partial charge in [-0.05, 0) is 17.7 Å². The molecule has 1 rings (SSSR count). The normalized spacial score (nSPS) is 11.1. The van der Waals surface area contributed by atoms with Crippen LogP contribution in [0.1, 0.15) is 5.56 Å². The summed E-state index contributed by atoms with van der Waals surface area (Å²) in [5.41, 5.74) is 6.39. The van der Waals surface area contributed by atoms with Crippen LogP contribution in [0.3, 0.4) is 0 Å². The quantitative estimate of drug-likeness (QED) is 0.612. The number of thioether (sulfide) groups is 1. The molecule has 0 aromatic heterocycles. The van der Waals surface area contributed by atoms with Gasteiger partial charge in [0.2, 0.25) is 0 Å². The van der Waals surface area contributed by atoms with E-state index in [2.05, 4.69) is 0 Å². The lowest BCUT2D eigenvalue weighted by Crippen LogP contribution is -1.88. The van der Waals surface area contributed by atoms with Crippen molar-refractivity contribution in [2.75, 3.05) is 7.11 Å². The van der Waals surface area contributed by atoms with E-state index in [4.69, 9.17) is 10.5 Å². The molecule has 0 fully saturated rings. The van der Waals surface area contributed by atoms with Crippen molar-refractivity contribution in [1.29, 1.82) is 0 Å². The van der Waals surface area contributed by atoms with Crippen LogP contribution in [0, 0.1) is 0 Å². The SMILES string of the molecule is COc1ccc(CS/C(C=O)=C\N)cc1. The first-order valence-electron chi connectivity index (χ1n) is 4.43. The molecule has 0 aliphatic heterocycles. The van der Waals surface area contributed by atoms with Gasteiger partial charge in [-0.3, -0.25) is 4.79 Å². The lowest BCUT2D eigenvalue weighted by atomic mass is 10.2. The van der Waals surface area contributed by atoms with E-state index < -0.39 is 0 Å². The number of rotatable bonds is 5. The topological polar surface area (TPSA) is 52.3 Å². The van der Waals surface area contributed by atoms with Gasteiger partial charge in [0.15, 0.2) is 6.29 Å². The van der Waals surface area contributed by atoms with E-state index >= 15 is 0 Å². The first-order chi connectivity index (χ1) is 7.30. The molecule has 0 radical (unpaired) electrons. The number of carbonyl (C=O) groups is 1. The van der Waals surface area contributed by atoms with Gasteiger partial charge in [-0.15, -0.1) is 11.8 Å². The maximum Gasteiger partial charge on any atom is 0.157 e. The summed E-state index contributed by atoms with van der Waals surface area (Å²) in [5, 5.41) is 0. The van der Waals surface area contributed by atoms with Crippen LogP contribution in [0.15, 0.2) is 35.4 Å². The summed E-state index contributed by atoms with van der Waals surface area (Å²) in [7, 11) is 1.63. The van der Waals surface area contributed by atoms with Gasteiger partial charge in [0.1, 0.15) is 5.75 Å². The molecule has 0 bridgehead atoms. The molecule has 2 N–H and O–H groups in total. The summed E-state index contributed by atoms with van der Waals surface area (Å²) >= 11 is 1.42. The smallest absolute Gasteiger partial charge is 0.157 e. The summed E-state index contributed by atoms with van der Waals surface area (Å²) in [5.74, 6) is 1.56. The number of hydrogen-bond acceptors (Lipinski definition) is 4. The standard InChI is InChI=1S/C11H13NO2S/c1-14-10-4-2-9(3-5-10)8-15-11(6-12)7-13/h2-7H,8,12H2,1H3/b11-6-. The highest BCUT2D eigenvalue weighted by Crippen LogP contribution is 2.20. The number of aldehydes is 1. The number of benzene rings is 1. The van der Waals surface area contributed by atoms with Crippen molar-refractivity contribution < 1.29 is 9.53 Å². The van der Waals surface area contributed by atoms with E-state index in [9.17, 15) is 4.79 Å². The fourth-order valence-electron chi connectivity index (χ4n) is 1.01. The first kappa shape index (κ1) is 11.7. The second kappa shape index (κ2) is 6.14. The highest BCUT2D eigenvalue weighted by molar-refractivity contribution is 8.03. The highest BCUT2D eigenvalue weighted by atomic mass is 32.2. The number of allylic oxidation sites excluding steroid dienone is 1. The fourth-order valence-corrected chi connectivity index (χ4v) is 1.70. The Balaban J connectivity index is 2.54. The van der Waals surface area contributed by atoms with Crippen LogP contribution in [-0.4, -0.2) is 13.4 Å². The molecular formula is C11H13NO2S. The number of hydrogen-bond donors (Lipinski definition) is 1. The Kier molecular flexibility index (Phi) is 4.77. The van der Waals surface area contributed by atoms with Crippen LogP contribution in [-0.2, 0) is 10.5 Å². The third kappa shape index (κ3) is 3.67. The Morgan fingerprint density at radius 3 is 2.60 bits per heavy atom. The van der Waals surface area contributed by atoms with Crippen molar-refractivity contribution in [2.24, 2.45) is 5.73 Å². The molecule has 0 aliphatic rings. The molecular weight excluding hydrogens is 210 g/mol. The third-order valence-electron chi connectivity index (χ3n) is 1.84. The van der Waals surface area contributed by atoms with E-state index in [1.54, 1.807) is 7.11 Å². The molecule has 0 atom stereocenters. The molecule has 0 saturated heterocycles. The van der Waals surface area contributed by atoms with Crippen molar-refractivity contribution in [2.45, 2.75) is 5.75 Å². The molecule has 3 nitrogen and oxygen atoms in total. The number of ether oxygens (including phenoxy) is 1. The fraction of sp³-hybridized carbons (Fsp3) is 0.182. The molecule has 0 heterocycles. The van der Waals surface area contributed by atoms with E-state index in [0.717, 1.165) is 23.4 Å². The number of methoxy groups -OCH3 is 1. The third-order valence-corrected chi connectivity index (χ3v) is 2.89. The summed E-state index contributed by atoms with van der Waals surface area (Å²) in [6.45, 7) is 0. The van der Waals surface area contributed by atoms with Gasteiger partial charge in [0.05, 0.1) is 12.0 Å². The van der Waals surface area contributed by atoms with Gasteiger partial charge in [-0.25, -0.2) is 0 Å². The minimum absolute atomic E-state index is 0.547. The molecule has 0 aliphatic carbocycles. The van der Waals surface area contributed by atoms with E-state index in [0.29, 0.717) is 4.91 Å². The van der Waals surface area contributed by atoms with Gasteiger partial charge >= 0.3 is 0 Å². The molecule has 1 aromatic carbocycles. The number of nitrogens with two attached hydrogens (primary N) is 1. The van der Waals surface area contributed by atoms with Crippen LogP contribution in [0.4, 0.5) is 0 Å². The zero-order valence-corrected chi connectivity index (χ0v) is 9.29.